The summed E-state index contributed by atoms with van der Waals surface area (Å²) in [4.78, 5) is 0. The van der Waals surface area contributed by atoms with Crippen molar-refractivity contribution in [1.82, 2.24) is 0 Å². The van der Waals surface area contributed by atoms with Gasteiger partial charge in [0.2, 0.25) is 0 Å². The van der Waals surface area contributed by atoms with Crippen LogP contribution in [0.2, 0.25) is 0 Å². The first-order chi connectivity index (χ1) is 3.96. The first-order valence-corrected chi connectivity index (χ1v) is 3.34. The minimum absolute atomic E-state index is 0.0833. The molecule has 54 valence electrons. The lowest BCUT2D eigenvalue weighted by atomic mass is 9.89. The van der Waals surface area contributed by atoms with Crippen molar-refractivity contribution in [1.29, 1.82) is 0 Å². The molecule has 0 atom stereocenters. The summed E-state index contributed by atoms with van der Waals surface area (Å²) in [6.07, 6.45) is 1.43. The molecule has 0 aromatic heterocycles. The summed E-state index contributed by atoms with van der Waals surface area (Å²) >= 11 is 0. The second kappa shape index (κ2) is 1.68. The normalized spacial score (nSPS) is 30.7. The van der Waals surface area contributed by atoms with E-state index in [4.69, 9.17) is 0 Å². The number of hydrogen-bond donors (Lipinski definition) is 0. The molecule has 0 N–H and O–H groups in total. The number of halogens is 2. The lowest BCUT2D eigenvalue weighted by Gasteiger charge is -2.25. The molecule has 0 aromatic rings. The van der Waals surface area contributed by atoms with Crippen LogP contribution in [0.3, 0.4) is 0 Å². The monoisotopic (exact) mass is 134 g/mol. The first kappa shape index (κ1) is 6.97. The van der Waals surface area contributed by atoms with Gasteiger partial charge in [-0.1, -0.05) is 13.8 Å². The van der Waals surface area contributed by atoms with E-state index in [1.165, 1.54) is 0 Å². The van der Waals surface area contributed by atoms with Gasteiger partial charge in [-0.25, -0.2) is 8.78 Å². The Morgan fingerprint density at radius 3 is 1.78 bits per heavy atom. The van der Waals surface area contributed by atoms with Gasteiger partial charge >= 0.3 is 0 Å². The van der Waals surface area contributed by atoms with Gasteiger partial charge in [-0.3, -0.25) is 0 Å². The minimum Gasteiger partial charge on any atom is -0.206 e. The molecule has 0 heterocycles. The van der Waals surface area contributed by atoms with E-state index in [0.29, 0.717) is 12.8 Å². The maximum atomic E-state index is 12.7. The largest absolute Gasteiger partial charge is 0.253 e. The molecule has 0 saturated heterocycles. The average Bonchev–Trinajstić information content (AvgIpc) is 1.81. The van der Waals surface area contributed by atoms with Gasteiger partial charge in [-0.2, -0.15) is 0 Å². The van der Waals surface area contributed by atoms with E-state index in [-0.39, 0.29) is 6.42 Å². The van der Waals surface area contributed by atoms with Crippen LogP contribution in [0.4, 0.5) is 8.78 Å². The molecular weight excluding hydrogens is 122 g/mol. The fourth-order valence-electron chi connectivity index (χ4n) is 1.27. The smallest absolute Gasteiger partial charge is 0.206 e. The lowest BCUT2D eigenvalue weighted by Crippen LogP contribution is -2.29. The summed E-state index contributed by atoms with van der Waals surface area (Å²) in [6.45, 7) is 3.28. The van der Waals surface area contributed by atoms with Crippen LogP contribution in [0.25, 0.3) is 0 Å². The Kier molecular flexibility index (Phi) is 1.30. The molecule has 2 heteroatoms. The SMILES string of the molecule is CC1(C)CCCC1(F)F. The van der Waals surface area contributed by atoms with Crippen molar-refractivity contribution in [2.24, 2.45) is 5.41 Å². The van der Waals surface area contributed by atoms with Crippen molar-refractivity contribution in [3.8, 4) is 0 Å². The van der Waals surface area contributed by atoms with Gasteiger partial charge in [0.05, 0.1) is 0 Å². The van der Waals surface area contributed by atoms with Crippen molar-refractivity contribution < 1.29 is 8.78 Å². The first-order valence-electron chi connectivity index (χ1n) is 3.34. The van der Waals surface area contributed by atoms with Gasteiger partial charge in [-0.15, -0.1) is 0 Å². The van der Waals surface area contributed by atoms with Crippen LogP contribution >= 0.6 is 0 Å². The zero-order valence-electron chi connectivity index (χ0n) is 5.88. The van der Waals surface area contributed by atoms with Crippen molar-refractivity contribution in [3.05, 3.63) is 0 Å². The van der Waals surface area contributed by atoms with E-state index in [1.807, 2.05) is 0 Å². The van der Waals surface area contributed by atoms with Gasteiger partial charge in [0.25, 0.3) is 5.92 Å². The van der Waals surface area contributed by atoms with E-state index < -0.39 is 11.3 Å². The van der Waals surface area contributed by atoms with Crippen LogP contribution < -0.4 is 0 Å². The van der Waals surface area contributed by atoms with Gasteiger partial charge < -0.3 is 0 Å². The molecule has 1 fully saturated rings. The summed E-state index contributed by atoms with van der Waals surface area (Å²) in [6, 6.07) is 0. The highest BCUT2D eigenvalue weighted by molar-refractivity contribution is 4.91. The molecule has 1 saturated carbocycles. The van der Waals surface area contributed by atoms with Gasteiger partial charge in [0.1, 0.15) is 0 Å². The molecule has 0 aromatic carbocycles. The summed E-state index contributed by atoms with van der Waals surface area (Å²) < 4.78 is 25.4. The highest BCUT2D eigenvalue weighted by Crippen LogP contribution is 2.49. The van der Waals surface area contributed by atoms with Gasteiger partial charge in [0.15, 0.2) is 0 Å². The standard InChI is InChI=1S/C7H12F2/c1-6(2)4-3-5-7(6,8)9/h3-5H2,1-2H3. The van der Waals surface area contributed by atoms with E-state index in [2.05, 4.69) is 0 Å². The summed E-state index contributed by atoms with van der Waals surface area (Å²) in [7, 11) is 0. The fraction of sp³-hybridized carbons (Fsp3) is 1.00. The Hall–Kier alpha value is -0.140. The van der Waals surface area contributed by atoms with E-state index in [9.17, 15) is 8.78 Å². The molecular formula is C7H12F2. The molecule has 0 radical (unpaired) electrons. The van der Waals surface area contributed by atoms with Crippen LogP contribution in [0.1, 0.15) is 33.1 Å². The molecule has 0 unspecified atom stereocenters. The second-order valence-corrected chi connectivity index (χ2v) is 3.44. The molecule has 0 bridgehead atoms. The van der Waals surface area contributed by atoms with Crippen molar-refractivity contribution in [2.75, 3.05) is 0 Å². The second-order valence-electron chi connectivity index (χ2n) is 3.44. The Morgan fingerprint density at radius 2 is 1.67 bits per heavy atom. The van der Waals surface area contributed by atoms with E-state index >= 15 is 0 Å². The quantitative estimate of drug-likeness (QED) is 0.478. The molecule has 9 heavy (non-hydrogen) atoms. The molecule has 0 amide bonds. The van der Waals surface area contributed by atoms with Crippen molar-refractivity contribution in [2.45, 2.75) is 39.0 Å². The predicted molar refractivity (Wildman–Crippen MR) is 32.6 cm³/mol. The highest BCUT2D eigenvalue weighted by atomic mass is 19.3. The topological polar surface area (TPSA) is 0 Å². The van der Waals surface area contributed by atoms with Crippen LogP contribution in [0.15, 0.2) is 0 Å². The Labute approximate surface area is 54.3 Å². The maximum absolute atomic E-state index is 12.7. The summed E-state index contributed by atoms with van der Waals surface area (Å²) in [5.74, 6) is -2.41. The zero-order valence-corrected chi connectivity index (χ0v) is 5.88. The van der Waals surface area contributed by atoms with Crippen molar-refractivity contribution >= 4 is 0 Å². The van der Waals surface area contributed by atoms with Crippen LogP contribution in [-0.4, -0.2) is 5.92 Å². The number of alkyl halides is 2. The third-order valence-corrected chi connectivity index (χ3v) is 2.28. The molecule has 0 nitrogen and oxygen atoms in total. The van der Waals surface area contributed by atoms with E-state index in [0.717, 1.165) is 0 Å². The molecule has 1 aliphatic rings. The zero-order chi connectivity index (χ0) is 7.12. The lowest BCUT2D eigenvalue weighted by molar-refractivity contribution is -0.0803. The van der Waals surface area contributed by atoms with E-state index in [1.54, 1.807) is 13.8 Å². The molecule has 1 rings (SSSR count). The third kappa shape index (κ3) is 0.950. The van der Waals surface area contributed by atoms with Gasteiger partial charge in [-0.05, 0) is 12.8 Å². The fourth-order valence-corrected chi connectivity index (χ4v) is 1.27. The molecule has 1 aliphatic carbocycles. The average molecular weight is 134 g/mol. The maximum Gasteiger partial charge on any atom is 0.253 e. The third-order valence-electron chi connectivity index (χ3n) is 2.28. The Balaban J connectivity index is 2.75. The summed E-state index contributed by atoms with van der Waals surface area (Å²) in [5, 5.41) is 0. The van der Waals surface area contributed by atoms with Crippen LogP contribution in [0.5, 0.6) is 0 Å². The minimum atomic E-state index is -2.41. The predicted octanol–water partition coefficient (Wildman–Crippen LogP) is 2.83. The summed E-state index contributed by atoms with van der Waals surface area (Å²) in [5.41, 5.74) is -0.743. The van der Waals surface area contributed by atoms with Crippen LogP contribution in [-0.2, 0) is 0 Å². The Morgan fingerprint density at radius 1 is 1.11 bits per heavy atom. The van der Waals surface area contributed by atoms with Crippen molar-refractivity contribution in [3.63, 3.8) is 0 Å². The number of hydrogen-bond acceptors (Lipinski definition) is 0. The molecule has 0 aliphatic heterocycles. The highest BCUT2D eigenvalue weighted by Gasteiger charge is 2.49. The Bertz CT molecular complexity index is 102. The number of rotatable bonds is 0. The molecule has 0 spiro atoms. The van der Waals surface area contributed by atoms with Gasteiger partial charge in [0, 0.05) is 11.8 Å². The van der Waals surface area contributed by atoms with Crippen LogP contribution in [0, 0.1) is 5.41 Å².